The first-order valence-corrected chi connectivity index (χ1v) is 7.42. The molecule has 2 rings (SSSR count). The first-order chi connectivity index (χ1) is 10.2. The minimum atomic E-state index is -0.314. The third-order valence-corrected chi connectivity index (χ3v) is 3.83. The first kappa shape index (κ1) is 15.6. The van der Waals surface area contributed by atoms with E-state index in [9.17, 15) is 9.18 Å². The minimum Gasteiger partial charge on any atom is -0.326 e. The van der Waals surface area contributed by atoms with Gasteiger partial charge in [-0.3, -0.25) is 4.79 Å². The average Bonchev–Trinajstić information content (AvgIpc) is 2.48. The number of rotatable bonds is 5. The summed E-state index contributed by atoms with van der Waals surface area (Å²) in [5, 5.41) is 3.87. The second-order valence-corrected chi connectivity index (χ2v) is 5.38. The fourth-order valence-electron chi connectivity index (χ4n) is 2.52. The Bertz CT molecular complexity index is 498. The van der Waals surface area contributed by atoms with Crippen molar-refractivity contribution < 1.29 is 19.0 Å². The Morgan fingerprint density at radius 1 is 1.33 bits per heavy atom. The monoisotopic (exact) mass is 294 g/mol. The molecule has 0 aliphatic carbocycles. The van der Waals surface area contributed by atoms with Gasteiger partial charge in [-0.2, -0.15) is 5.10 Å². The van der Waals surface area contributed by atoms with Crippen LogP contribution in [-0.2, 0) is 4.79 Å². The number of nitrogens with one attached hydrogen (secondary N) is 3. The highest BCUT2D eigenvalue weighted by Gasteiger charge is 2.23. The second-order valence-electron chi connectivity index (χ2n) is 5.38. The van der Waals surface area contributed by atoms with E-state index in [-0.39, 0.29) is 11.7 Å². The van der Waals surface area contributed by atoms with Crippen molar-refractivity contribution in [3.63, 3.8) is 0 Å². The van der Waals surface area contributed by atoms with Crippen LogP contribution in [-0.4, -0.2) is 51.4 Å². The van der Waals surface area contributed by atoms with E-state index in [0.29, 0.717) is 12.1 Å². The SMILES string of the molecule is CC[NH+]1CC[NH+](CC(=O)NN=Cc2cccc(F)c2)CC1. The summed E-state index contributed by atoms with van der Waals surface area (Å²) in [5.41, 5.74) is 3.13. The number of piperazine rings is 1. The van der Waals surface area contributed by atoms with Crippen LogP contribution in [0.1, 0.15) is 12.5 Å². The van der Waals surface area contributed by atoms with E-state index in [1.54, 1.807) is 17.0 Å². The molecule has 1 fully saturated rings. The number of hydrogen-bond acceptors (Lipinski definition) is 2. The molecule has 1 aromatic rings. The van der Waals surface area contributed by atoms with Gasteiger partial charge >= 0.3 is 0 Å². The highest BCUT2D eigenvalue weighted by molar-refractivity contribution is 5.82. The minimum absolute atomic E-state index is 0.0994. The van der Waals surface area contributed by atoms with Crippen LogP contribution in [0.4, 0.5) is 4.39 Å². The molecule has 0 saturated carbocycles. The number of likely N-dealkylation sites (N-methyl/N-ethyl adjacent to an activating group) is 1. The molecule has 0 unspecified atom stereocenters. The van der Waals surface area contributed by atoms with E-state index < -0.39 is 0 Å². The Labute approximate surface area is 124 Å². The van der Waals surface area contributed by atoms with Crippen molar-refractivity contribution in [2.75, 3.05) is 39.3 Å². The Hall–Kier alpha value is -1.79. The zero-order valence-electron chi connectivity index (χ0n) is 12.4. The molecular formula is C15H23FN4O+2. The smallest absolute Gasteiger partial charge is 0.295 e. The molecule has 114 valence electrons. The molecule has 0 spiro atoms. The molecule has 1 saturated heterocycles. The summed E-state index contributed by atoms with van der Waals surface area (Å²) in [6.07, 6.45) is 1.45. The van der Waals surface area contributed by atoms with Crippen molar-refractivity contribution in [2.45, 2.75) is 6.92 Å². The highest BCUT2D eigenvalue weighted by Crippen LogP contribution is 1.99. The first-order valence-electron chi connectivity index (χ1n) is 7.42. The molecule has 1 aliphatic rings. The van der Waals surface area contributed by atoms with Crippen molar-refractivity contribution in [3.05, 3.63) is 35.6 Å². The number of quaternary nitrogens is 2. The zero-order chi connectivity index (χ0) is 15.1. The molecule has 1 aliphatic heterocycles. The maximum atomic E-state index is 13.0. The number of nitrogens with zero attached hydrogens (tertiary/aromatic N) is 1. The standard InChI is InChI=1S/C15H21FN4O/c1-2-19-6-8-20(9-7-19)12-15(21)18-17-11-13-4-3-5-14(16)10-13/h3-5,10-11H,2,6-9,12H2,1H3,(H,18,21)/p+2. The van der Waals surface area contributed by atoms with Gasteiger partial charge in [0.2, 0.25) is 0 Å². The molecule has 21 heavy (non-hydrogen) atoms. The second kappa shape index (κ2) is 7.85. The van der Waals surface area contributed by atoms with Gasteiger partial charge in [-0.05, 0) is 24.6 Å². The highest BCUT2D eigenvalue weighted by atomic mass is 19.1. The summed E-state index contributed by atoms with van der Waals surface area (Å²) in [5.74, 6) is -0.413. The normalized spacial score (nSPS) is 22.4. The summed E-state index contributed by atoms with van der Waals surface area (Å²) < 4.78 is 13.0. The lowest BCUT2D eigenvalue weighted by Crippen LogP contribution is -3.28. The number of halogens is 1. The largest absolute Gasteiger partial charge is 0.326 e. The lowest BCUT2D eigenvalue weighted by molar-refractivity contribution is -1.01. The summed E-state index contributed by atoms with van der Waals surface area (Å²) in [4.78, 5) is 14.7. The number of carbonyl (C=O) groups is 1. The van der Waals surface area contributed by atoms with E-state index in [0.717, 1.165) is 32.7 Å². The van der Waals surface area contributed by atoms with Crippen LogP contribution in [0, 0.1) is 5.82 Å². The van der Waals surface area contributed by atoms with Gasteiger partial charge in [0.15, 0.2) is 6.54 Å². The van der Waals surface area contributed by atoms with Gasteiger partial charge in [-0.1, -0.05) is 12.1 Å². The summed E-state index contributed by atoms with van der Waals surface area (Å²) in [6, 6.07) is 6.08. The average molecular weight is 294 g/mol. The molecule has 1 heterocycles. The molecule has 1 amide bonds. The molecule has 0 radical (unpaired) electrons. The maximum Gasteiger partial charge on any atom is 0.295 e. The fraction of sp³-hybridized carbons (Fsp3) is 0.467. The summed E-state index contributed by atoms with van der Waals surface area (Å²) in [6.45, 7) is 8.05. The van der Waals surface area contributed by atoms with E-state index in [4.69, 9.17) is 0 Å². The van der Waals surface area contributed by atoms with E-state index in [2.05, 4.69) is 17.5 Å². The van der Waals surface area contributed by atoms with Crippen LogP contribution >= 0.6 is 0 Å². The van der Waals surface area contributed by atoms with Crippen LogP contribution in [0.3, 0.4) is 0 Å². The van der Waals surface area contributed by atoms with Crippen molar-refractivity contribution >= 4 is 12.1 Å². The fourth-order valence-corrected chi connectivity index (χ4v) is 2.52. The predicted octanol–water partition coefficient (Wildman–Crippen LogP) is -1.92. The van der Waals surface area contributed by atoms with Crippen LogP contribution in [0.25, 0.3) is 0 Å². The Morgan fingerprint density at radius 2 is 2.05 bits per heavy atom. The molecule has 0 bridgehead atoms. The van der Waals surface area contributed by atoms with Crippen LogP contribution < -0.4 is 15.2 Å². The van der Waals surface area contributed by atoms with E-state index in [1.165, 1.54) is 23.2 Å². The quantitative estimate of drug-likeness (QED) is 0.430. The van der Waals surface area contributed by atoms with Gasteiger partial charge < -0.3 is 9.80 Å². The van der Waals surface area contributed by atoms with Gasteiger partial charge in [0.05, 0.1) is 12.8 Å². The molecule has 1 aromatic carbocycles. The van der Waals surface area contributed by atoms with Gasteiger partial charge in [-0.15, -0.1) is 0 Å². The van der Waals surface area contributed by atoms with Gasteiger partial charge in [0.25, 0.3) is 5.91 Å². The predicted molar refractivity (Wildman–Crippen MR) is 78.9 cm³/mol. The van der Waals surface area contributed by atoms with Crippen molar-refractivity contribution in [1.29, 1.82) is 0 Å². The number of hydrazone groups is 1. The summed E-state index contributed by atoms with van der Waals surface area (Å²) >= 11 is 0. The number of hydrogen-bond donors (Lipinski definition) is 3. The maximum absolute atomic E-state index is 13.0. The van der Waals surface area contributed by atoms with Crippen LogP contribution in [0.5, 0.6) is 0 Å². The zero-order valence-corrected chi connectivity index (χ0v) is 12.4. The van der Waals surface area contributed by atoms with E-state index in [1.807, 2.05) is 0 Å². The van der Waals surface area contributed by atoms with Crippen molar-refractivity contribution in [2.24, 2.45) is 5.10 Å². The molecule has 6 heteroatoms. The van der Waals surface area contributed by atoms with Gasteiger partial charge in [0.1, 0.15) is 32.0 Å². The Kier molecular flexibility index (Phi) is 5.83. The van der Waals surface area contributed by atoms with E-state index >= 15 is 0 Å². The third-order valence-electron chi connectivity index (χ3n) is 3.83. The van der Waals surface area contributed by atoms with Gasteiger partial charge in [-0.25, -0.2) is 9.82 Å². The molecular weight excluding hydrogens is 271 g/mol. The Balaban J connectivity index is 1.72. The summed E-state index contributed by atoms with van der Waals surface area (Å²) in [7, 11) is 0. The van der Waals surface area contributed by atoms with Gasteiger partial charge in [0, 0.05) is 0 Å². The van der Waals surface area contributed by atoms with Crippen LogP contribution in [0.2, 0.25) is 0 Å². The lowest BCUT2D eigenvalue weighted by Gasteiger charge is -2.28. The third kappa shape index (κ3) is 5.24. The molecule has 0 aromatic heterocycles. The van der Waals surface area contributed by atoms with Crippen LogP contribution in [0.15, 0.2) is 29.4 Å². The van der Waals surface area contributed by atoms with Crippen molar-refractivity contribution in [1.82, 2.24) is 5.43 Å². The lowest BCUT2D eigenvalue weighted by atomic mass is 10.2. The topological polar surface area (TPSA) is 50.3 Å². The molecule has 5 nitrogen and oxygen atoms in total. The molecule has 3 N–H and O–H groups in total. The Morgan fingerprint density at radius 3 is 2.71 bits per heavy atom. The number of benzene rings is 1. The molecule has 0 atom stereocenters. The number of amides is 1. The number of carbonyl (C=O) groups excluding carboxylic acids is 1. The van der Waals surface area contributed by atoms with Crippen molar-refractivity contribution in [3.8, 4) is 0 Å².